The first kappa shape index (κ1) is 10.9. The number of hydrogen-bond acceptors (Lipinski definition) is 5. The average Bonchev–Trinajstić information content (AvgIpc) is 2.41. The molecule has 1 aromatic carbocycles. The van der Waals surface area contributed by atoms with Crippen molar-refractivity contribution in [3.05, 3.63) is 48.0 Å². The molecule has 0 fully saturated rings. The van der Waals surface area contributed by atoms with Crippen LogP contribution in [0.4, 0.5) is 11.6 Å². The van der Waals surface area contributed by atoms with E-state index in [4.69, 9.17) is 11.6 Å². The van der Waals surface area contributed by atoms with Crippen LogP contribution in [0.2, 0.25) is 5.15 Å². The first-order valence-electron chi connectivity index (χ1n) is 5.28. The number of anilines is 2. The predicted octanol–water partition coefficient (Wildman–Crippen LogP) is 2.82. The third kappa shape index (κ3) is 2.08. The zero-order valence-electron chi connectivity index (χ0n) is 9.21. The number of hydrogen-bond donors (Lipinski definition) is 1. The minimum absolute atomic E-state index is 0.312. The highest BCUT2D eigenvalue weighted by Crippen LogP contribution is 2.23. The van der Waals surface area contributed by atoms with Crippen molar-refractivity contribution < 1.29 is 0 Å². The fraction of sp³-hybridized carbons (Fsp3) is 0. The molecule has 0 saturated carbocycles. The van der Waals surface area contributed by atoms with Gasteiger partial charge in [0.25, 0.3) is 0 Å². The third-order valence-corrected chi connectivity index (χ3v) is 2.62. The number of benzene rings is 1. The summed E-state index contributed by atoms with van der Waals surface area (Å²) in [5.74, 6) is 1.10. The van der Waals surface area contributed by atoms with Crippen LogP contribution in [0.15, 0.2) is 42.9 Å². The van der Waals surface area contributed by atoms with Crippen LogP contribution in [0, 0.1) is 0 Å². The summed E-state index contributed by atoms with van der Waals surface area (Å²) in [6.45, 7) is 0. The van der Waals surface area contributed by atoms with Crippen LogP contribution in [-0.4, -0.2) is 19.9 Å². The van der Waals surface area contributed by atoms with Gasteiger partial charge in [0.2, 0.25) is 0 Å². The molecule has 0 unspecified atom stereocenters. The minimum atomic E-state index is 0.312. The molecule has 1 N–H and O–H groups in total. The number of fused-ring (bicyclic) bond motifs is 1. The van der Waals surface area contributed by atoms with Gasteiger partial charge in [0.15, 0.2) is 11.0 Å². The second kappa shape index (κ2) is 4.54. The van der Waals surface area contributed by atoms with Crippen molar-refractivity contribution in [3.8, 4) is 0 Å². The van der Waals surface area contributed by atoms with Crippen LogP contribution >= 0.6 is 11.6 Å². The van der Waals surface area contributed by atoms with Gasteiger partial charge in [-0.2, -0.15) is 0 Å². The van der Waals surface area contributed by atoms with E-state index in [0.29, 0.717) is 16.8 Å². The highest BCUT2D eigenvalue weighted by molar-refractivity contribution is 6.32. The van der Waals surface area contributed by atoms with Gasteiger partial charge in [-0.3, -0.25) is 0 Å². The summed E-state index contributed by atoms with van der Waals surface area (Å²) in [6, 6.07) is 9.27. The smallest absolute Gasteiger partial charge is 0.172 e. The molecule has 0 saturated heterocycles. The summed E-state index contributed by atoms with van der Waals surface area (Å²) in [7, 11) is 0. The monoisotopic (exact) mass is 257 g/mol. The van der Waals surface area contributed by atoms with Crippen molar-refractivity contribution in [2.75, 3.05) is 5.32 Å². The van der Waals surface area contributed by atoms with Gasteiger partial charge in [-0.25, -0.2) is 19.9 Å². The van der Waals surface area contributed by atoms with Crippen LogP contribution in [0.5, 0.6) is 0 Å². The Morgan fingerprint density at radius 2 is 1.78 bits per heavy atom. The van der Waals surface area contributed by atoms with Crippen LogP contribution in [-0.2, 0) is 0 Å². The summed E-state index contributed by atoms with van der Waals surface area (Å²) < 4.78 is 0. The Hall–Kier alpha value is -2.27. The lowest BCUT2D eigenvalue weighted by Gasteiger charge is -2.06. The molecule has 0 radical (unpaired) electrons. The number of para-hydroxylation sites is 2. The molecule has 0 aliphatic heterocycles. The second-order valence-electron chi connectivity index (χ2n) is 3.57. The Kier molecular flexibility index (Phi) is 2.74. The molecule has 0 amide bonds. The van der Waals surface area contributed by atoms with E-state index >= 15 is 0 Å². The fourth-order valence-corrected chi connectivity index (χ4v) is 1.72. The maximum atomic E-state index is 6.07. The highest BCUT2D eigenvalue weighted by atomic mass is 35.5. The number of rotatable bonds is 2. The molecule has 0 aliphatic rings. The SMILES string of the molecule is Clc1nc2ccccc2nc1Nc1ccncn1. The van der Waals surface area contributed by atoms with E-state index in [2.05, 4.69) is 25.3 Å². The average molecular weight is 258 g/mol. The van der Waals surface area contributed by atoms with Crippen molar-refractivity contribution in [1.82, 2.24) is 19.9 Å². The van der Waals surface area contributed by atoms with Crippen LogP contribution in [0.3, 0.4) is 0 Å². The molecule has 5 nitrogen and oxygen atoms in total. The summed E-state index contributed by atoms with van der Waals surface area (Å²) in [5, 5.41) is 3.32. The van der Waals surface area contributed by atoms with Crippen molar-refractivity contribution in [1.29, 1.82) is 0 Å². The number of aromatic nitrogens is 4. The highest BCUT2D eigenvalue weighted by Gasteiger charge is 2.07. The van der Waals surface area contributed by atoms with Gasteiger partial charge in [0, 0.05) is 6.20 Å². The Bertz CT molecular complexity index is 686. The van der Waals surface area contributed by atoms with Crippen molar-refractivity contribution >= 4 is 34.3 Å². The van der Waals surface area contributed by atoms with Crippen LogP contribution in [0.25, 0.3) is 11.0 Å². The van der Waals surface area contributed by atoms with E-state index in [1.807, 2.05) is 24.3 Å². The molecular formula is C12H8ClN5. The second-order valence-corrected chi connectivity index (χ2v) is 3.93. The van der Waals surface area contributed by atoms with Crippen LogP contribution < -0.4 is 5.32 Å². The van der Waals surface area contributed by atoms with Gasteiger partial charge in [0.1, 0.15) is 12.1 Å². The van der Waals surface area contributed by atoms with Gasteiger partial charge < -0.3 is 5.32 Å². The molecule has 0 atom stereocenters. The Morgan fingerprint density at radius 3 is 2.50 bits per heavy atom. The molecule has 6 heteroatoms. The van der Waals surface area contributed by atoms with E-state index in [0.717, 1.165) is 11.0 Å². The molecule has 3 rings (SSSR count). The predicted molar refractivity (Wildman–Crippen MR) is 69.9 cm³/mol. The van der Waals surface area contributed by atoms with Gasteiger partial charge in [-0.05, 0) is 18.2 Å². The van der Waals surface area contributed by atoms with E-state index in [1.54, 1.807) is 12.3 Å². The first-order valence-corrected chi connectivity index (χ1v) is 5.66. The lowest BCUT2D eigenvalue weighted by atomic mass is 10.3. The van der Waals surface area contributed by atoms with Crippen molar-refractivity contribution in [2.45, 2.75) is 0 Å². The van der Waals surface area contributed by atoms with Gasteiger partial charge >= 0.3 is 0 Å². The molecule has 2 heterocycles. The number of nitrogens with zero attached hydrogens (tertiary/aromatic N) is 4. The Balaban J connectivity index is 2.04. The Morgan fingerprint density at radius 1 is 1.00 bits per heavy atom. The summed E-state index contributed by atoms with van der Waals surface area (Å²) in [4.78, 5) is 16.6. The standard InChI is InChI=1S/C12H8ClN5/c13-11-12(18-10-5-6-14-7-15-10)17-9-4-2-1-3-8(9)16-11/h1-7H,(H,14,15,17,18). The fourth-order valence-electron chi connectivity index (χ4n) is 1.54. The quantitative estimate of drug-likeness (QED) is 0.765. The molecule has 88 valence electrons. The van der Waals surface area contributed by atoms with Crippen molar-refractivity contribution in [2.24, 2.45) is 0 Å². The zero-order valence-corrected chi connectivity index (χ0v) is 9.96. The van der Waals surface area contributed by atoms with Gasteiger partial charge in [-0.1, -0.05) is 23.7 Å². The lowest BCUT2D eigenvalue weighted by molar-refractivity contribution is 1.16. The molecule has 0 spiro atoms. The summed E-state index contributed by atoms with van der Waals surface area (Å²) in [5.41, 5.74) is 1.54. The lowest BCUT2D eigenvalue weighted by Crippen LogP contribution is -1.99. The molecule has 0 aliphatic carbocycles. The zero-order chi connectivity index (χ0) is 12.4. The van der Waals surface area contributed by atoms with Gasteiger partial charge in [0.05, 0.1) is 11.0 Å². The minimum Gasteiger partial charge on any atom is -0.322 e. The van der Waals surface area contributed by atoms with Crippen LogP contribution in [0.1, 0.15) is 0 Å². The Labute approximate surface area is 108 Å². The molecular weight excluding hydrogens is 250 g/mol. The van der Waals surface area contributed by atoms with Crippen molar-refractivity contribution in [3.63, 3.8) is 0 Å². The summed E-state index contributed by atoms with van der Waals surface area (Å²) >= 11 is 6.07. The molecule has 0 bridgehead atoms. The molecule has 18 heavy (non-hydrogen) atoms. The third-order valence-electron chi connectivity index (χ3n) is 2.36. The van der Waals surface area contributed by atoms with Gasteiger partial charge in [-0.15, -0.1) is 0 Å². The largest absolute Gasteiger partial charge is 0.322 e. The topological polar surface area (TPSA) is 63.6 Å². The molecule has 2 aromatic heterocycles. The first-order chi connectivity index (χ1) is 8.83. The van der Waals surface area contributed by atoms with E-state index < -0.39 is 0 Å². The maximum Gasteiger partial charge on any atom is 0.172 e. The van der Waals surface area contributed by atoms with E-state index in [9.17, 15) is 0 Å². The van der Waals surface area contributed by atoms with E-state index in [1.165, 1.54) is 6.33 Å². The normalized spacial score (nSPS) is 10.5. The number of halogens is 1. The molecule has 3 aromatic rings. The summed E-state index contributed by atoms with van der Waals surface area (Å²) in [6.07, 6.45) is 3.09. The van der Waals surface area contributed by atoms with E-state index in [-0.39, 0.29) is 0 Å². The maximum absolute atomic E-state index is 6.07. The number of nitrogens with one attached hydrogen (secondary N) is 1.